The molecule has 0 rings (SSSR count). The zero-order valence-electron chi connectivity index (χ0n) is 6.91. The molecule has 0 amide bonds. The monoisotopic (exact) mass is 142 g/mol. The maximum atomic E-state index is 3.81. The van der Waals surface area contributed by atoms with E-state index in [-0.39, 0.29) is 0 Å². The molecule has 0 unspecified atom stereocenters. The van der Waals surface area contributed by atoms with E-state index in [1.807, 2.05) is 0 Å². The fourth-order valence-corrected chi connectivity index (χ4v) is 1.91. The molecule has 0 aliphatic heterocycles. The van der Waals surface area contributed by atoms with E-state index in [0.717, 1.165) is 6.42 Å². The molecule has 0 aromatic rings. The Morgan fingerprint density at radius 1 is 1.44 bits per heavy atom. The molecule has 2 radical (unpaired) electrons. The van der Waals surface area contributed by atoms with Gasteiger partial charge in [0.05, 0.1) is 8.07 Å². The third kappa shape index (κ3) is 4.70. The van der Waals surface area contributed by atoms with Crippen molar-refractivity contribution in [3.63, 3.8) is 0 Å². The number of hydrogen-bond acceptors (Lipinski definition) is 0. The van der Waals surface area contributed by atoms with Crippen LogP contribution in [0.4, 0.5) is 0 Å². The minimum Gasteiger partial charge on any atom is -0.0692 e. The summed E-state index contributed by atoms with van der Waals surface area (Å²) in [6, 6.07) is 3.87. The maximum Gasteiger partial charge on any atom is 0.0502 e. The molecule has 0 bridgehead atoms. The first kappa shape index (κ1) is 9.22. The van der Waals surface area contributed by atoms with Gasteiger partial charge < -0.3 is 0 Å². The summed E-state index contributed by atoms with van der Waals surface area (Å²) in [6.07, 6.45) is 2.28. The lowest BCUT2D eigenvalue weighted by atomic mass is 10.4. The van der Waals surface area contributed by atoms with E-state index >= 15 is 0 Å². The summed E-state index contributed by atoms with van der Waals surface area (Å²) in [7, 11) is -0.863. The van der Waals surface area contributed by atoms with Gasteiger partial charge in [-0.3, -0.25) is 0 Å². The summed E-state index contributed by atoms with van der Waals surface area (Å²) in [5.41, 5.74) is 0. The molecule has 54 valence electrons. The Morgan fingerprint density at radius 2 is 2.00 bits per heavy atom. The molecule has 0 aromatic heterocycles. The summed E-state index contributed by atoms with van der Waals surface area (Å²) >= 11 is 0. The van der Waals surface area contributed by atoms with Gasteiger partial charge in [-0.05, 0) is 6.04 Å². The second kappa shape index (κ2) is 4.10. The molecule has 0 nitrogen and oxygen atoms in total. The smallest absolute Gasteiger partial charge is 0.0502 e. The van der Waals surface area contributed by atoms with E-state index in [0.29, 0.717) is 0 Å². The molecule has 0 N–H and O–H groups in total. The van der Waals surface area contributed by atoms with Crippen LogP contribution < -0.4 is 0 Å². The van der Waals surface area contributed by atoms with Gasteiger partial charge in [0.15, 0.2) is 0 Å². The number of rotatable bonds is 4. The first-order chi connectivity index (χ1) is 4.12. The van der Waals surface area contributed by atoms with Crippen molar-refractivity contribution in [3.05, 3.63) is 13.0 Å². The van der Waals surface area contributed by atoms with Gasteiger partial charge in [0.25, 0.3) is 0 Å². The molecule has 0 heterocycles. The van der Waals surface area contributed by atoms with Gasteiger partial charge in [-0.25, -0.2) is 0 Å². The van der Waals surface area contributed by atoms with E-state index in [1.165, 1.54) is 12.5 Å². The Balaban J connectivity index is 3.33. The standard InChI is InChI=1S/C8H18Si/c1-5-7-8-9(3,4)6-2/h8H,1,5-7H2,2-4H3. The van der Waals surface area contributed by atoms with Crippen LogP contribution in [0.25, 0.3) is 0 Å². The van der Waals surface area contributed by atoms with Crippen molar-refractivity contribution in [1.29, 1.82) is 0 Å². The summed E-state index contributed by atoms with van der Waals surface area (Å²) in [4.78, 5) is 0. The number of unbranched alkanes of at least 4 members (excludes halogenated alkanes) is 1. The minimum atomic E-state index is -0.863. The zero-order chi connectivity index (χ0) is 7.33. The van der Waals surface area contributed by atoms with Crippen LogP contribution in [0.3, 0.4) is 0 Å². The lowest BCUT2D eigenvalue weighted by Crippen LogP contribution is -2.24. The highest BCUT2D eigenvalue weighted by molar-refractivity contribution is 6.80. The van der Waals surface area contributed by atoms with Crippen molar-refractivity contribution >= 4 is 8.07 Å². The molecule has 0 aromatic carbocycles. The van der Waals surface area contributed by atoms with Gasteiger partial charge in [-0.15, -0.1) is 0 Å². The Bertz CT molecular complexity index is 67.0. The first-order valence-electron chi connectivity index (χ1n) is 3.76. The lowest BCUT2D eigenvalue weighted by Gasteiger charge is -2.18. The van der Waals surface area contributed by atoms with Crippen molar-refractivity contribution in [1.82, 2.24) is 0 Å². The van der Waals surface area contributed by atoms with Gasteiger partial charge in [0, 0.05) is 0 Å². The van der Waals surface area contributed by atoms with Crippen molar-refractivity contribution in [2.75, 3.05) is 0 Å². The van der Waals surface area contributed by atoms with Crippen LogP contribution in [0.5, 0.6) is 0 Å². The van der Waals surface area contributed by atoms with E-state index in [2.05, 4.69) is 33.0 Å². The summed E-state index contributed by atoms with van der Waals surface area (Å²) < 4.78 is 0. The van der Waals surface area contributed by atoms with Gasteiger partial charge in [0.2, 0.25) is 0 Å². The van der Waals surface area contributed by atoms with E-state index < -0.39 is 8.07 Å². The Kier molecular flexibility index (Phi) is 4.20. The molecular formula is C8H18Si. The van der Waals surface area contributed by atoms with Crippen LogP contribution in [0.1, 0.15) is 19.8 Å². The fraction of sp³-hybridized carbons (Fsp3) is 0.750. The molecule has 0 spiro atoms. The quantitative estimate of drug-likeness (QED) is 0.529. The van der Waals surface area contributed by atoms with Crippen molar-refractivity contribution < 1.29 is 0 Å². The van der Waals surface area contributed by atoms with Crippen LogP contribution in [0, 0.1) is 13.0 Å². The highest BCUT2D eigenvalue weighted by atomic mass is 28.3. The van der Waals surface area contributed by atoms with Crippen LogP contribution in [0.2, 0.25) is 19.1 Å². The highest BCUT2D eigenvalue weighted by Crippen LogP contribution is 2.14. The third-order valence-electron chi connectivity index (χ3n) is 1.81. The van der Waals surface area contributed by atoms with Crippen LogP contribution >= 0.6 is 0 Å². The number of hydrogen-bond donors (Lipinski definition) is 0. The molecule has 0 saturated carbocycles. The molecule has 0 fully saturated rings. The highest BCUT2D eigenvalue weighted by Gasteiger charge is 2.15. The Morgan fingerprint density at radius 3 is 2.33 bits per heavy atom. The predicted octanol–water partition coefficient (Wildman–Crippen LogP) is 3.07. The van der Waals surface area contributed by atoms with Crippen LogP contribution in [-0.2, 0) is 0 Å². The van der Waals surface area contributed by atoms with Crippen LogP contribution in [0.15, 0.2) is 0 Å². The van der Waals surface area contributed by atoms with Crippen LogP contribution in [-0.4, -0.2) is 8.07 Å². The molecule has 0 aliphatic rings. The van der Waals surface area contributed by atoms with E-state index in [9.17, 15) is 0 Å². The molecule has 1 heteroatoms. The summed E-state index contributed by atoms with van der Waals surface area (Å²) in [5, 5.41) is 0. The van der Waals surface area contributed by atoms with Gasteiger partial charge in [-0.2, -0.15) is 0 Å². The second-order valence-electron chi connectivity index (χ2n) is 3.19. The fourth-order valence-electron chi connectivity index (χ4n) is 0.637. The van der Waals surface area contributed by atoms with Crippen molar-refractivity contribution in [2.45, 2.75) is 38.9 Å². The molecular weight excluding hydrogens is 124 g/mol. The molecule has 0 saturated heterocycles. The van der Waals surface area contributed by atoms with Crippen molar-refractivity contribution in [2.24, 2.45) is 0 Å². The van der Waals surface area contributed by atoms with Gasteiger partial charge in [-0.1, -0.05) is 45.8 Å². The second-order valence-corrected chi connectivity index (χ2v) is 8.28. The van der Waals surface area contributed by atoms with Gasteiger partial charge in [0.1, 0.15) is 0 Å². The van der Waals surface area contributed by atoms with Gasteiger partial charge >= 0.3 is 0 Å². The largest absolute Gasteiger partial charge is 0.0692 e. The topological polar surface area (TPSA) is 0 Å². The third-order valence-corrected chi connectivity index (χ3v) is 5.03. The molecule has 0 atom stereocenters. The zero-order valence-corrected chi connectivity index (χ0v) is 7.91. The Labute approximate surface area is 60.7 Å². The SMILES string of the molecule is [CH2]CC[CH][Si](C)(C)CC. The van der Waals surface area contributed by atoms with E-state index in [1.54, 1.807) is 0 Å². The minimum absolute atomic E-state index is 0.863. The Hall–Kier alpha value is 0.217. The predicted molar refractivity (Wildman–Crippen MR) is 46.9 cm³/mol. The lowest BCUT2D eigenvalue weighted by molar-refractivity contribution is 1.01. The maximum absolute atomic E-state index is 3.81. The normalized spacial score (nSPS) is 12.0. The first-order valence-corrected chi connectivity index (χ1v) is 7.04. The van der Waals surface area contributed by atoms with E-state index in [4.69, 9.17) is 0 Å². The summed E-state index contributed by atoms with van der Waals surface area (Å²) in [6.45, 7) is 10.9. The molecule has 9 heavy (non-hydrogen) atoms. The molecule has 0 aliphatic carbocycles. The average molecular weight is 142 g/mol. The summed E-state index contributed by atoms with van der Waals surface area (Å²) in [5.74, 6) is 0. The average Bonchev–Trinajstić information content (AvgIpc) is 1.84. The van der Waals surface area contributed by atoms with Crippen molar-refractivity contribution in [3.8, 4) is 0 Å².